The maximum Gasteiger partial charge on any atom is 0.270 e. The van der Waals surface area contributed by atoms with Crippen LogP contribution >= 0.6 is 0 Å². The van der Waals surface area contributed by atoms with Gasteiger partial charge in [0.05, 0.1) is 19.4 Å². The second kappa shape index (κ2) is 11.6. The molecule has 1 aliphatic rings. The fourth-order valence-corrected chi connectivity index (χ4v) is 3.75. The molecular formula is C26H26FN5O5. The van der Waals surface area contributed by atoms with E-state index >= 15 is 0 Å². The second-order valence-electron chi connectivity index (χ2n) is 8.27. The average Bonchev–Trinajstić information content (AvgIpc) is 3.41. The summed E-state index contributed by atoms with van der Waals surface area (Å²) in [6.07, 6.45) is 0.0497. The number of aliphatic hydroxyl groups is 1. The number of benzene rings is 2. The molecule has 3 aromatic rings. The van der Waals surface area contributed by atoms with Crippen molar-refractivity contribution < 1.29 is 28.7 Å². The number of rotatable bonds is 9. The standard InChI is InChI=1S/C26H26FN5O5/c1-15-30-20(12-22(31-15)26(35)29-14-16-3-8-19(27)24(11-16)36-2)21-13-23(37-32-21)17-4-6-18(7-5-17)25(34)28-9-10-33/h3-8,11-12,23,33H,9-10,13-14H2,1-2H3,(H,28,34)(H,29,35). The van der Waals surface area contributed by atoms with E-state index in [4.69, 9.17) is 14.7 Å². The summed E-state index contributed by atoms with van der Waals surface area (Å²) in [5, 5.41) is 18.4. The summed E-state index contributed by atoms with van der Waals surface area (Å²) in [7, 11) is 1.38. The fraction of sp³-hybridized carbons (Fsp3) is 0.269. The second-order valence-corrected chi connectivity index (χ2v) is 8.27. The highest BCUT2D eigenvalue weighted by atomic mass is 19.1. The highest BCUT2D eigenvalue weighted by Gasteiger charge is 2.26. The molecular weight excluding hydrogens is 481 g/mol. The Balaban J connectivity index is 1.40. The van der Waals surface area contributed by atoms with Gasteiger partial charge in [-0.3, -0.25) is 9.59 Å². The van der Waals surface area contributed by atoms with Gasteiger partial charge >= 0.3 is 0 Å². The minimum absolute atomic E-state index is 0.0975. The van der Waals surface area contributed by atoms with E-state index in [-0.39, 0.29) is 43.2 Å². The van der Waals surface area contributed by atoms with Gasteiger partial charge in [0.25, 0.3) is 11.8 Å². The van der Waals surface area contributed by atoms with Crippen LogP contribution in [0.2, 0.25) is 0 Å². The number of oxime groups is 1. The van der Waals surface area contributed by atoms with Crippen molar-refractivity contribution in [2.45, 2.75) is 26.0 Å². The van der Waals surface area contributed by atoms with Gasteiger partial charge in [-0.15, -0.1) is 0 Å². The third-order valence-corrected chi connectivity index (χ3v) is 5.65. The van der Waals surface area contributed by atoms with Crippen LogP contribution in [0, 0.1) is 12.7 Å². The average molecular weight is 508 g/mol. The molecule has 192 valence electrons. The number of methoxy groups -OCH3 is 1. The van der Waals surface area contributed by atoms with Gasteiger partial charge in [-0.2, -0.15) is 0 Å². The Morgan fingerprint density at radius 3 is 2.62 bits per heavy atom. The molecule has 2 aromatic carbocycles. The topological polar surface area (TPSA) is 135 Å². The molecule has 37 heavy (non-hydrogen) atoms. The summed E-state index contributed by atoms with van der Waals surface area (Å²) in [6, 6.07) is 12.8. The number of ether oxygens (including phenoxy) is 1. The third-order valence-electron chi connectivity index (χ3n) is 5.65. The van der Waals surface area contributed by atoms with Crippen LogP contribution in [0.5, 0.6) is 5.75 Å². The van der Waals surface area contributed by atoms with Crippen molar-refractivity contribution in [3.8, 4) is 5.75 Å². The molecule has 0 bridgehead atoms. The zero-order valence-corrected chi connectivity index (χ0v) is 20.3. The lowest BCUT2D eigenvalue weighted by Gasteiger charge is -2.10. The molecule has 1 aromatic heterocycles. The van der Waals surface area contributed by atoms with E-state index in [1.165, 1.54) is 19.2 Å². The number of nitrogens with zero attached hydrogens (tertiary/aromatic N) is 3. The van der Waals surface area contributed by atoms with Crippen LogP contribution in [0.3, 0.4) is 0 Å². The van der Waals surface area contributed by atoms with Crippen LogP contribution in [0.4, 0.5) is 4.39 Å². The summed E-state index contributed by atoms with van der Waals surface area (Å²) in [6.45, 7) is 1.89. The molecule has 3 N–H and O–H groups in total. The Labute approximate surface area is 212 Å². The first kappa shape index (κ1) is 25.7. The van der Waals surface area contributed by atoms with Crippen molar-refractivity contribution in [3.05, 3.63) is 88.3 Å². The van der Waals surface area contributed by atoms with E-state index in [1.54, 1.807) is 43.3 Å². The van der Waals surface area contributed by atoms with Crippen molar-refractivity contribution in [2.75, 3.05) is 20.3 Å². The van der Waals surface area contributed by atoms with E-state index in [9.17, 15) is 14.0 Å². The largest absolute Gasteiger partial charge is 0.494 e. The maximum atomic E-state index is 13.6. The van der Waals surface area contributed by atoms with Crippen LogP contribution in [0.25, 0.3) is 0 Å². The molecule has 0 saturated heterocycles. The quantitative estimate of drug-likeness (QED) is 0.405. The van der Waals surface area contributed by atoms with Crippen LogP contribution in [-0.2, 0) is 11.4 Å². The molecule has 0 radical (unpaired) electrons. The Morgan fingerprint density at radius 1 is 1.11 bits per heavy atom. The number of aliphatic hydroxyl groups excluding tert-OH is 1. The van der Waals surface area contributed by atoms with Crippen LogP contribution in [0.1, 0.15) is 56.0 Å². The number of carbonyl (C=O) groups is 2. The van der Waals surface area contributed by atoms with E-state index in [1.807, 2.05) is 0 Å². The van der Waals surface area contributed by atoms with E-state index in [2.05, 4.69) is 25.8 Å². The smallest absolute Gasteiger partial charge is 0.270 e. The van der Waals surface area contributed by atoms with Crippen LogP contribution in [-0.4, -0.2) is 52.9 Å². The van der Waals surface area contributed by atoms with E-state index < -0.39 is 11.7 Å². The van der Waals surface area contributed by atoms with E-state index in [0.717, 1.165) is 5.56 Å². The van der Waals surface area contributed by atoms with Crippen molar-refractivity contribution in [2.24, 2.45) is 5.16 Å². The predicted octanol–water partition coefficient (Wildman–Crippen LogP) is 2.45. The number of nitrogens with one attached hydrogen (secondary N) is 2. The van der Waals surface area contributed by atoms with E-state index in [0.29, 0.717) is 34.8 Å². The van der Waals surface area contributed by atoms with Crippen molar-refractivity contribution in [1.29, 1.82) is 0 Å². The highest BCUT2D eigenvalue weighted by molar-refractivity contribution is 6.02. The molecule has 10 nitrogen and oxygen atoms in total. The SMILES string of the molecule is COc1cc(CNC(=O)c2cc(C3=NOC(c4ccc(C(=O)NCCO)cc4)C3)nc(C)n2)ccc1F. The normalized spacial score (nSPS) is 14.5. The Kier molecular flexibility index (Phi) is 8.04. The molecule has 0 spiro atoms. The van der Waals surface area contributed by atoms with Gasteiger partial charge in [-0.1, -0.05) is 23.4 Å². The van der Waals surface area contributed by atoms with Gasteiger partial charge in [-0.05, 0) is 48.4 Å². The fourth-order valence-electron chi connectivity index (χ4n) is 3.75. The monoisotopic (exact) mass is 507 g/mol. The van der Waals surface area contributed by atoms with Gasteiger partial charge in [0.1, 0.15) is 17.2 Å². The van der Waals surface area contributed by atoms with Gasteiger partial charge in [0.2, 0.25) is 0 Å². The van der Waals surface area contributed by atoms with Crippen LogP contribution < -0.4 is 15.4 Å². The first-order chi connectivity index (χ1) is 17.9. The molecule has 2 heterocycles. The molecule has 0 aliphatic carbocycles. The first-order valence-corrected chi connectivity index (χ1v) is 11.6. The van der Waals surface area contributed by atoms with Crippen LogP contribution in [0.15, 0.2) is 53.7 Å². The Hall–Kier alpha value is -4.38. The zero-order valence-electron chi connectivity index (χ0n) is 20.3. The number of aromatic nitrogens is 2. The summed E-state index contributed by atoms with van der Waals surface area (Å²) in [4.78, 5) is 39.0. The third kappa shape index (κ3) is 6.25. The maximum absolute atomic E-state index is 13.6. The minimum atomic E-state index is -0.481. The summed E-state index contributed by atoms with van der Waals surface area (Å²) < 4.78 is 18.6. The number of amides is 2. The number of halogens is 1. The first-order valence-electron chi connectivity index (χ1n) is 11.6. The van der Waals surface area contributed by atoms with Crippen molar-refractivity contribution in [3.63, 3.8) is 0 Å². The Bertz CT molecular complexity index is 1330. The lowest BCUT2D eigenvalue weighted by molar-refractivity contribution is 0.0856. The molecule has 0 fully saturated rings. The van der Waals surface area contributed by atoms with Gasteiger partial charge in [0, 0.05) is 25.1 Å². The molecule has 4 rings (SSSR count). The Morgan fingerprint density at radius 2 is 1.89 bits per heavy atom. The summed E-state index contributed by atoms with van der Waals surface area (Å²) in [5.74, 6) is -0.673. The number of hydrogen-bond donors (Lipinski definition) is 3. The van der Waals surface area contributed by atoms with Gasteiger partial charge < -0.3 is 25.3 Å². The van der Waals surface area contributed by atoms with Gasteiger partial charge in [0.15, 0.2) is 17.7 Å². The van der Waals surface area contributed by atoms with Gasteiger partial charge in [-0.25, -0.2) is 14.4 Å². The lowest BCUT2D eigenvalue weighted by atomic mass is 10.0. The number of carbonyl (C=O) groups excluding carboxylic acids is 2. The van der Waals surface area contributed by atoms with Crippen molar-refractivity contribution in [1.82, 2.24) is 20.6 Å². The lowest BCUT2D eigenvalue weighted by Crippen LogP contribution is -2.26. The number of hydrogen-bond acceptors (Lipinski definition) is 8. The highest BCUT2D eigenvalue weighted by Crippen LogP contribution is 2.29. The molecule has 0 saturated carbocycles. The van der Waals surface area contributed by atoms with Crippen molar-refractivity contribution >= 4 is 17.5 Å². The summed E-state index contributed by atoms with van der Waals surface area (Å²) >= 11 is 0. The molecule has 2 amide bonds. The number of aryl methyl sites for hydroxylation is 1. The predicted molar refractivity (Wildman–Crippen MR) is 132 cm³/mol. The minimum Gasteiger partial charge on any atom is -0.494 e. The molecule has 1 atom stereocenters. The molecule has 1 aliphatic heterocycles. The zero-order chi connectivity index (χ0) is 26.4. The molecule has 11 heteroatoms. The summed E-state index contributed by atoms with van der Waals surface area (Å²) in [5.41, 5.74) is 3.18. The molecule has 1 unspecified atom stereocenters.